The molecule has 0 aliphatic heterocycles. The predicted octanol–water partition coefficient (Wildman–Crippen LogP) is 2.23. The molecule has 1 nitrogen and oxygen atoms in total. The average Bonchev–Trinajstić information content (AvgIpc) is 1.85. The third-order valence-electron chi connectivity index (χ3n) is 1.49. The second kappa shape index (κ2) is 2.86. The van der Waals surface area contributed by atoms with Crippen molar-refractivity contribution in [3.8, 4) is 5.75 Å². The Morgan fingerprint density at radius 1 is 1.36 bits per heavy atom. The van der Waals surface area contributed by atoms with Crippen LogP contribution in [0, 0.1) is 11.6 Å². The number of halogens is 2. The number of phenols is 1. The normalized spacial score (nSPS) is 10.1. The maximum atomic E-state index is 12.7. The molecule has 1 aromatic rings. The number of aromatic hydroxyl groups is 1. The minimum Gasteiger partial charge on any atom is -0.507 e. The summed E-state index contributed by atoms with van der Waals surface area (Å²) in [6.07, 6.45) is 0.359. The van der Waals surface area contributed by atoms with Gasteiger partial charge in [-0.25, -0.2) is 8.78 Å². The number of benzene rings is 1. The third kappa shape index (κ3) is 1.48. The molecule has 0 unspecified atom stereocenters. The van der Waals surface area contributed by atoms with Crippen molar-refractivity contribution >= 4 is 0 Å². The molecule has 0 bridgehead atoms. The van der Waals surface area contributed by atoms with Crippen LogP contribution in [-0.2, 0) is 6.42 Å². The Kier molecular flexibility index (Phi) is 2.08. The van der Waals surface area contributed by atoms with Gasteiger partial charge < -0.3 is 5.11 Å². The van der Waals surface area contributed by atoms with Gasteiger partial charge in [-0.1, -0.05) is 6.92 Å². The van der Waals surface area contributed by atoms with Crippen LogP contribution in [0.4, 0.5) is 8.78 Å². The highest BCUT2D eigenvalue weighted by molar-refractivity contribution is 5.33. The van der Waals surface area contributed by atoms with Crippen LogP contribution in [0.1, 0.15) is 12.5 Å². The summed E-state index contributed by atoms with van der Waals surface area (Å²) in [6.45, 7) is 1.69. The largest absolute Gasteiger partial charge is 0.507 e. The summed E-state index contributed by atoms with van der Waals surface area (Å²) >= 11 is 0. The first kappa shape index (κ1) is 7.98. The highest BCUT2D eigenvalue weighted by Crippen LogP contribution is 2.21. The second-order valence-corrected chi connectivity index (χ2v) is 2.24. The van der Waals surface area contributed by atoms with E-state index in [9.17, 15) is 8.78 Å². The molecule has 1 aromatic carbocycles. The molecule has 3 heteroatoms. The van der Waals surface area contributed by atoms with Crippen LogP contribution >= 0.6 is 0 Å². The van der Waals surface area contributed by atoms with Crippen LogP contribution in [0.2, 0.25) is 0 Å². The molecule has 0 atom stereocenters. The Balaban J connectivity index is 3.25. The van der Waals surface area contributed by atoms with Crippen LogP contribution in [0.15, 0.2) is 12.1 Å². The SMILES string of the molecule is CCc1c(O)cc(F)cc1F. The fourth-order valence-electron chi connectivity index (χ4n) is 0.940. The zero-order chi connectivity index (χ0) is 8.43. The summed E-state index contributed by atoms with van der Waals surface area (Å²) in [5.74, 6) is -1.76. The Hall–Kier alpha value is -1.12. The highest BCUT2D eigenvalue weighted by Gasteiger charge is 2.07. The van der Waals surface area contributed by atoms with Crippen molar-refractivity contribution in [1.82, 2.24) is 0 Å². The smallest absolute Gasteiger partial charge is 0.132 e. The molecular weight excluding hydrogens is 150 g/mol. The number of hydrogen-bond donors (Lipinski definition) is 1. The van der Waals surface area contributed by atoms with Crippen molar-refractivity contribution < 1.29 is 13.9 Å². The first-order valence-corrected chi connectivity index (χ1v) is 3.32. The van der Waals surface area contributed by atoms with Crippen LogP contribution in [0.5, 0.6) is 5.75 Å². The lowest BCUT2D eigenvalue weighted by molar-refractivity contribution is 0.451. The van der Waals surface area contributed by atoms with Gasteiger partial charge in [0.05, 0.1) is 0 Å². The van der Waals surface area contributed by atoms with E-state index in [4.69, 9.17) is 5.11 Å². The van der Waals surface area contributed by atoms with E-state index in [-0.39, 0.29) is 11.3 Å². The quantitative estimate of drug-likeness (QED) is 0.664. The number of phenolic OH excluding ortho intramolecular Hbond substituents is 1. The van der Waals surface area contributed by atoms with Crippen LogP contribution in [0.3, 0.4) is 0 Å². The van der Waals surface area contributed by atoms with Gasteiger partial charge in [0.2, 0.25) is 0 Å². The molecule has 0 aliphatic carbocycles. The van der Waals surface area contributed by atoms with Gasteiger partial charge in [-0.05, 0) is 6.42 Å². The molecular formula is C8H8F2O. The second-order valence-electron chi connectivity index (χ2n) is 2.24. The fraction of sp³-hybridized carbons (Fsp3) is 0.250. The van der Waals surface area contributed by atoms with E-state index in [1.807, 2.05) is 0 Å². The minimum absolute atomic E-state index is 0.159. The number of hydrogen-bond acceptors (Lipinski definition) is 1. The van der Waals surface area contributed by atoms with Gasteiger partial charge >= 0.3 is 0 Å². The van der Waals surface area contributed by atoms with Crippen molar-refractivity contribution in [2.45, 2.75) is 13.3 Å². The van der Waals surface area contributed by atoms with Gasteiger partial charge in [0.25, 0.3) is 0 Å². The van der Waals surface area contributed by atoms with Gasteiger partial charge in [0.1, 0.15) is 17.4 Å². The van der Waals surface area contributed by atoms with E-state index < -0.39 is 11.6 Å². The van der Waals surface area contributed by atoms with Crippen molar-refractivity contribution in [2.24, 2.45) is 0 Å². The van der Waals surface area contributed by atoms with Crippen LogP contribution in [-0.4, -0.2) is 5.11 Å². The molecule has 0 fully saturated rings. The van der Waals surface area contributed by atoms with Gasteiger partial charge in [-0.2, -0.15) is 0 Å². The lowest BCUT2D eigenvalue weighted by Crippen LogP contribution is -1.89. The first-order chi connectivity index (χ1) is 5.15. The zero-order valence-electron chi connectivity index (χ0n) is 6.06. The highest BCUT2D eigenvalue weighted by atomic mass is 19.1. The first-order valence-electron chi connectivity index (χ1n) is 3.32. The molecule has 0 aromatic heterocycles. The van der Waals surface area contributed by atoms with Gasteiger partial charge in [0.15, 0.2) is 0 Å². The van der Waals surface area contributed by atoms with Crippen molar-refractivity contribution in [2.75, 3.05) is 0 Å². The van der Waals surface area contributed by atoms with Crippen molar-refractivity contribution in [3.63, 3.8) is 0 Å². The summed E-state index contributed by atoms with van der Waals surface area (Å²) in [7, 11) is 0. The van der Waals surface area contributed by atoms with Crippen molar-refractivity contribution in [3.05, 3.63) is 29.3 Å². The van der Waals surface area contributed by atoms with Gasteiger partial charge in [-0.15, -0.1) is 0 Å². The molecule has 0 spiro atoms. The lowest BCUT2D eigenvalue weighted by atomic mass is 10.1. The molecule has 0 heterocycles. The summed E-state index contributed by atoms with van der Waals surface area (Å²) in [4.78, 5) is 0. The minimum atomic E-state index is -0.753. The summed E-state index contributed by atoms with van der Waals surface area (Å²) < 4.78 is 25.1. The molecule has 0 saturated heterocycles. The molecule has 11 heavy (non-hydrogen) atoms. The Morgan fingerprint density at radius 3 is 2.45 bits per heavy atom. The van der Waals surface area contributed by atoms with Crippen molar-refractivity contribution in [1.29, 1.82) is 0 Å². The zero-order valence-corrected chi connectivity index (χ0v) is 6.06. The van der Waals surface area contributed by atoms with E-state index in [1.165, 1.54) is 0 Å². The van der Waals surface area contributed by atoms with E-state index in [2.05, 4.69) is 0 Å². The number of rotatable bonds is 1. The van der Waals surface area contributed by atoms with Crippen LogP contribution < -0.4 is 0 Å². The molecule has 1 N–H and O–H groups in total. The van der Waals surface area contributed by atoms with E-state index in [1.54, 1.807) is 6.92 Å². The molecule has 60 valence electrons. The summed E-state index contributed by atoms with van der Waals surface area (Å²) in [5.41, 5.74) is 0.159. The molecule has 0 radical (unpaired) electrons. The Labute approximate surface area is 63.3 Å². The maximum Gasteiger partial charge on any atom is 0.132 e. The fourth-order valence-corrected chi connectivity index (χ4v) is 0.940. The molecule has 0 saturated carbocycles. The lowest BCUT2D eigenvalue weighted by Gasteiger charge is -2.01. The molecule has 0 amide bonds. The molecule has 1 rings (SSSR count). The standard InChI is InChI=1S/C8H8F2O/c1-2-6-7(10)3-5(9)4-8(6)11/h3-4,11H,2H2,1H3. The Morgan fingerprint density at radius 2 is 2.00 bits per heavy atom. The van der Waals surface area contributed by atoms with E-state index in [0.717, 1.165) is 12.1 Å². The van der Waals surface area contributed by atoms with E-state index >= 15 is 0 Å². The molecule has 0 aliphatic rings. The average molecular weight is 158 g/mol. The van der Waals surface area contributed by atoms with E-state index in [0.29, 0.717) is 6.42 Å². The maximum absolute atomic E-state index is 12.7. The summed E-state index contributed by atoms with van der Waals surface area (Å²) in [6, 6.07) is 1.67. The van der Waals surface area contributed by atoms with Gasteiger partial charge in [-0.3, -0.25) is 0 Å². The third-order valence-corrected chi connectivity index (χ3v) is 1.49. The predicted molar refractivity (Wildman–Crippen MR) is 37.4 cm³/mol. The van der Waals surface area contributed by atoms with Gasteiger partial charge in [0, 0.05) is 17.7 Å². The summed E-state index contributed by atoms with van der Waals surface area (Å²) in [5, 5.41) is 8.99. The van der Waals surface area contributed by atoms with Crippen LogP contribution in [0.25, 0.3) is 0 Å². The topological polar surface area (TPSA) is 20.2 Å². The Bertz CT molecular complexity index is 248. The monoisotopic (exact) mass is 158 g/mol.